The maximum atomic E-state index is 11.9. The number of carbonyl (C=O) groups excluding carboxylic acids is 1. The molecule has 110 valence electrons. The molecule has 0 N–H and O–H groups in total. The molecular formula is C17H13NO2S2. The van der Waals surface area contributed by atoms with E-state index in [1.54, 1.807) is 17.4 Å². The fraction of sp³-hybridized carbons (Fsp3) is 0.0588. The first kappa shape index (κ1) is 14.7. The van der Waals surface area contributed by atoms with E-state index < -0.39 is 5.97 Å². The summed E-state index contributed by atoms with van der Waals surface area (Å²) in [4.78, 5) is 18.6. The molecular weight excluding hydrogens is 314 g/mol. The Bertz CT molecular complexity index is 747. The van der Waals surface area contributed by atoms with Crippen LogP contribution in [0.15, 0.2) is 70.5 Å². The second-order valence-electron chi connectivity index (χ2n) is 4.53. The molecule has 0 bridgehead atoms. The summed E-state index contributed by atoms with van der Waals surface area (Å²) in [7, 11) is 0. The Morgan fingerprint density at radius 2 is 1.59 bits per heavy atom. The van der Waals surface area contributed by atoms with Crippen LogP contribution in [0.25, 0.3) is 0 Å². The summed E-state index contributed by atoms with van der Waals surface area (Å²) >= 11 is 2.92. The van der Waals surface area contributed by atoms with Crippen molar-refractivity contribution in [3.05, 3.63) is 80.7 Å². The van der Waals surface area contributed by atoms with Gasteiger partial charge in [-0.1, -0.05) is 47.6 Å². The van der Waals surface area contributed by atoms with Gasteiger partial charge in [-0.15, -0.1) is 22.7 Å². The van der Waals surface area contributed by atoms with Crippen molar-refractivity contribution in [3.63, 3.8) is 0 Å². The van der Waals surface area contributed by atoms with E-state index in [9.17, 15) is 4.79 Å². The van der Waals surface area contributed by atoms with Crippen molar-refractivity contribution in [2.75, 3.05) is 0 Å². The number of carbonyl (C=O) groups is 1. The van der Waals surface area contributed by atoms with E-state index in [4.69, 9.17) is 4.84 Å². The van der Waals surface area contributed by atoms with Crippen LogP contribution in [0, 0.1) is 0 Å². The van der Waals surface area contributed by atoms with E-state index in [0.29, 0.717) is 11.3 Å². The third-order valence-corrected chi connectivity index (χ3v) is 4.75. The van der Waals surface area contributed by atoms with Crippen molar-refractivity contribution in [3.8, 4) is 0 Å². The van der Waals surface area contributed by atoms with Crippen molar-refractivity contribution in [2.24, 2.45) is 5.16 Å². The van der Waals surface area contributed by atoms with E-state index in [0.717, 1.165) is 16.2 Å². The van der Waals surface area contributed by atoms with Gasteiger partial charge in [-0.2, -0.15) is 0 Å². The molecule has 0 unspecified atom stereocenters. The lowest BCUT2D eigenvalue weighted by atomic mass is 10.1. The van der Waals surface area contributed by atoms with Crippen molar-refractivity contribution >= 4 is 34.4 Å². The lowest BCUT2D eigenvalue weighted by Gasteiger charge is -2.04. The molecule has 0 saturated carbocycles. The molecule has 0 spiro atoms. The highest BCUT2D eigenvalue weighted by Gasteiger charge is 2.11. The Labute approximate surface area is 136 Å². The van der Waals surface area contributed by atoms with Gasteiger partial charge in [0.1, 0.15) is 10.6 Å². The van der Waals surface area contributed by atoms with Crippen LogP contribution in [0.5, 0.6) is 0 Å². The number of hydrogen-bond acceptors (Lipinski definition) is 5. The van der Waals surface area contributed by atoms with Crippen LogP contribution in [-0.4, -0.2) is 11.7 Å². The van der Waals surface area contributed by atoms with E-state index in [-0.39, 0.29) is 0 Å². The number of rotatable bonds is 5. The van der Waals surface area contributed by atoms with Gasteiger partial charge in [0.25, 0.3) is 0 Å². The monoisotopic (exact) mass is 327 g/mol. The van der Waals surface area contributed by atoms with Gasteiger partial charge in [-0.3, -0.25) is 0 Å². The Balaban J connectivity index is 1.79. The van der Waals surface area contributed by atoms with Crippen molar-refractivity contribution < 1.29 is 9.63 Å². The molecule has 3 nitrogen and oxygen atoms in total. The summed E-state index contributed by atoms with van der Waals surface area (Å²) in [6.45, 7) is 0. The van der Waals surface area contributed by atoms with Crippen molar-refractivity contribution in [1.82, 2.24) is 0 Å². The van der Waals surface area contributed by atoms with Gasteiger partial charge in [0.05, 0.1) is 4.88 Å². The first-order chi connectivity index (χ1) is 10.8. The molecule has 3 aromatic rings. The van der Waals surface area contributed by atoms with Gasteiger partial charge in [0.2, 0.25) is 0 Å². The van der Waals surface area contributed by atoms with Crippen LogP contribution in [0.1, 0.15) is 20.1 Å². The molecule has 0 aliphatic rings. The zero-order chi connectivity index (χ0) is 15.2. The van der Waals surface area contributed by atoms with E-state index in [1.165, 1.54) is 11.3 Å². The molecule has 0 saturated heterocycles. The Hall–Kier alpha value is -2.24. The molecule has 0 amide bonds. The molecule has 0 atom stereocenters. The summed E-state index contributed by atoms with van der Waals surface area (Å²) in [5, 5.41) is 7.92. The molecule has 0 fully saturated rings. The summed E-state index contributed by atoms with van der Waals surface area (Å²) < 4.78 is 0. The highest BCUT2D eigenvalue weighted by Crippen LogP contribution is 2.16. The number of benzene rings is 1. The second-order valence-corrected chi connectivity index (χ2v) is 6.43. The van der Waals surface area contributed by atoms with E-state index >= 15 is 0 Å². The molecule has 3 rings (SSSR count). The van der Waals surface area contributed by atoms with Crippen LogP contribution < -0.4 is 0 Å². The first-order valence-electron chi connectivity index (χ1n) is 6.72. The summed E-state index contributed by atoms with van der Waals surface area (Å²) in [6.07, 6.45) is 0.624. The number of thiophene rings is 2. The first-order valence-corrected chi connectivity index (χ1v) is 8.48. The van der Waals surface area contributed by atoms with Crippen LogP contribution >= 0.6 is 22.7 Å². The standard InChI is InChI=1S/C17H13NO2S2/c19-17(16-9-5-11-22-16)20-18-14(15-8-4-10-21-15)12-13-6-2-1-3-7-13/h1-11H,12H2/b18-14+. The average Bonchev–Trinajstić information content (AvgIpc) is 3.24. The third-order valence-electron chi connectivity index (χ3n) is 2.98. The van der Waals surface area contributed by atoms with Gasteiger partial charge in [0.15, 0.2) is 0 Å². The normalized spacial score (nSPS) is 11.4. The number of nitrogens with zero attached hydrogens (tertiary/aromatic N) is 1. The Morgan fingerprint density at radius 1 is 0.909 bits per heavy atom. The summed E-state index contributed by atoms with van der Waals surface area (Å²) in [6, 6.07) is 17.5. The maximum absolute atomic E-state index is 11.9. The second kappa shape index (κ2) is 7.15. The quantitative estimate of drug-likeness (QED) is 0.390. The molecule has 2 aromatic heterocycles. The van der Waals surface area contributed by atoms with Crippen LogP contribution in [-0.2, 0) is 11.3 Å². The Kier molecular flexibility index (Phi) is 4.78. The third kappa shape index (κ3) is 3.69. The predicted octanol–water partition coefficient (Wildman–Crippen LogP) is 4.61. The van der Waals surface area contributed by atoms with Gasteiger partial charge >= 0.3 is 5.97 Å². The SMILES string of the molecule is O=C(O/N=C(\Cc1ccccc1)c1cccs1)c1cccs1. The predicted molar refractivity (Wildman–Crippen MR) is 90.7 cm³/mol. The largest absolute Gasteiger partial charge is 0.375 e. The molecule has 0 aliphatic carbocycles. The average molecular weight is 327 g/mol. The molecule has 0 aliphatic heterocycles. The minimum atomic E-state index is -0.419. The molecule has 5 heteroatoms. The highest BCUT2D eigenvalue weighted by molar-refractivity contribution is 7.12. The van der Waals surface area contributed by atoms with E-state index in [1.807, 2.05) is 59.3 Å². The molecule has 22 heavy (non-hydrogen) atoms. The smallest absolute Gasteiger partial charge is 0.312 e. The fourth-order valence-corrected chi connectivity index (χ4v) is 3.23. The van der Waals surface area contributed by atoms with Crippen LogP contribution in [0.4, 0.5) is 0 Å². The van der Waals surface area contributed by atoms with Crippen LogP contribution in [0.3, 0.4) is 0 Å². The molecule has 1 aromatic carbocycles. The van der Waals surface area contributed by atoms with E-state index in [2.05, 4.69) is 5.16 Å². The lowest BCUT2D eigenvalue weighted by Crippen LogP contribution is -2.07. The minimum absolute atomic E-state index is 0.419. The number of oxime groups is 1. The zero-order valence-electron chi connectivity index (χ0n) is 11.6. The number of hydrogen-bond donors (Lipinski definition) is 0. The summed E-state index contributed by atoms with van der Waals surface area (Å²) in [5.41, 5.74) is 1.88. The van der Waals surface area contributed by atoms with Gasteiger partial charge in [-0.25, -0.2) is 4.79 Å². The maximum Gasteiger partial charge on any atom is 0.375 e. The van der Waals surface area contributed by atoms with Gasteiger partial charge < -0.3 is 4.84 Å². The van der Waals surface area contributed by atoms with Crippen molar-refractivity contribution in [1.29, 1.82) is 0 Å². The minimum Gasteiger partial charge on any atom is -0.312 e. The molecule has 0 radical (unpaired) electrons. The Morgan fingerprint density at radius 3 is 2.23 bits per heavy atom. The highest BCUT2D eigenvalue weighted by atomic mass is 32.1. The topological polar surface area (TPSA) is 38.7 Å². The molecule has 2 heterocycles. The fourth-order valence-electron chi connectivity index (χ4n) is 1.93. The van der Waals surface area contributed by atoms with Crippen molar-refractivity contribution in [2.45, 2.75) is 6.42 Å². The van der Waals surface area contributed by atoms with Crippen LogP contribution in [0.2, 0.25) is 0 Å². The van der Waals surface area contributed by atoms with Gasteiger partial charge in [-0.05, 0) is 28.5 Å². The lowest BCUT2D eigenvalue weighted by molar-refractivity contribution is 0.0522. The zero-order valence-corrected chi connectivity index (χ0v) is 13.3. The van der Waals surface area contributed by atoms with Gasteiger partial charge in [0, 0.05) is 6.42 Å². The summed E-state index contributed by atoms with van der Waals surface area (Å²) in [5.74, 6) is -0.419.